The van der Waals surface area contributed by atoms with E-state index in [9.17, 15) is 18.0 Å². The smallest absolute Gasteiger partial charge is 0.436 e. The highest BCUT2D eigenvalue weighted by Crippen LogP contribution is 2.38. The first-order valence-corrected chi connectivity index (χ1v) is 6.98. The Morgan fingerprint density at radius 2 is 1.91 bits per heavy atom. The number of aromatic nitrogens is 2. The number of halogens is 3. The van der Waals surface area contributed by atoms with E-state index in [-0.39, 0.29) is 12.4 Å². The van der Waals surface area contributed by atoms with Crippen molar-refractivity contribution in [1.82, 2.24) is 14.7 Å². The Balaban J connectivity index is 3.71. The molecule has 0 unspecified atom stereocenters. The fourth-order valence-electron chi connectivity index (χ4n) is 1.76. The number of esters is 1. The lowest BCUT2D eigenvalue weighted by atomic mass is 10.1. The standard InChI is InChI=1S/C14H21F3N4O2/c1-7-23-12(22)9-10(14(15,16)17)19-21(13(2,3)4)11(9)18-8-20(5)6/h8H,7H2,1-6H3/b18-8+. The first-order valence-electron chi connectivity index (χ1n) is 6.98. The minimum Gasteiger partial charge on any atom is -0.462 e. The van der Waals surface area contributed by atoms with Crippen molar-refractivity contribution >= 4 is 18.1 Å². The monoisotopic (exact) mass is 334 g/mol. The minimum atomic E-state index is -4.79. The lowest BCUT2D eigenvalue weighted by Gasteiger charge is -2.21. The number of alkyl halides is 3. The molecular formula is C14H21F3N4O2. The number of hydrogen-bond acceptors (Lipinski definition) is 4. The number of hydrogen-bond donors (Lipinski definition) is 0. The third kappa shape index (κ3) is 4.46. The molecule has 0 saturated heterocycles. The molecule has 1 aromatic rings. The van der Waals surface area contributed by atoms with Crippen molar-refractivity contribution in [2.75, 3.05) is 20.7 Å². The molecule has 130 valence electrons. The predicted molar refractivity (Wildman–Crippen MR) is 80.0 cm³/mol. The summed E-state index contributed by atoms with van der Waals surface area (Å²) in [5, 5.41) is 3.59. The second-order valence-electron chi connectivity index (χ2n) is 6.06. The highest BCUT2D eigenvalue weighted by atomic mass is 19.4. The summed E-state index contributed by atoms with van der Waals surface area (Å²) >= 11 is 0. The number of ether oxygens (including phenoxy) is 1. The number of rotatable bonds is 4. The molecule has 0 radical (unpaired) electrons. The van der Waals surface area contributed by atoms with Gasteiger partial charge in [0.05, 0.1) is 18.5 Å². The van der Waals surface area contributed by atoms with Crippen LogP contribution in [0.3, 0.4) is 0 Å². The average Bonchev–Trinajstić information content (AvgIpc) is 2.75. The topological polar surface area (TPSA) is 59.7 Å². The summed E-state index contributed by atoms with van der Waals surface area (Å²) in [7, 11) is 3.33. The molecule has 1 rings (SSSR count). The van der Waals surface area contributed by atoms with E-state index >= 15 is 0 Å². The van der Waals surface area contributed by atoms with Crippen molar-refractivity contribution in [2.45, 2.75) is 39.4 Å². The maximum absolute atomic E-state index is 13.3. The van der Waals surface area contributed by atoms with Crippen LogP contribution in [0.15, 0.2) is 4.99 Å². The molecule has 0 aromatic carbocycles. The van der Waals surface area contributed by atoms with Crippen LogP contribution in [0.4, 0.5) is 19.0 Å². The van der Waals surface area contributed by atoms with Crippen LogP contribution < -0.4 is 0 Å². The molecule has 0 saturated carbocycles. The van der Waals surface area contributed by atoms with Gasteiger partial charge in [-0.1, -0.05) is 0 Å². The second kappa shape index (κ2) is 6.59. The average molecular weight is 334 g/mol. The third-order valence-corrected chi connectivity index (χ3v) is 2.66. The van der Waals surface area contributed by atoms with Gasteiger partial charge in [0.2, 0.25) is 0 Å². The summed E-state index contributed by atoms with van der Waals surface area (Å²) < 4.78 is 45.7. The van der Waals surface area contributed by atoms with Crippen molar-refractivity contribution < 1.29 is 22.7 Å². The number of nitrogens with zero attached hydrogens (tertiary/aromatic N) is 4. The van der Waals surface area contributed by atoms with Gasteiger partial charge < -0.3 is 9.64 Å². The lowest BCUT2D eigenvalue weighted by Crippen LogP contribution is -2.24. The van der Waals surface area contributed by atoms with E-state index in [2.05, 4.69) is 10.1 Å². The molecular weight excluding hydrogens is 313 g/mol. The molecule has 0 aliphatic heterocycles. The molecule has 0 bridgehead atoms. The number of aliphatic imine (C=N–C) groups is 1. The van der Waals surface area contributed by atoms with Crippen molar-refractivity contribution in [3.8, 4) is 0 Å². The summed E-state index contributed by atoms with van der Waals surface area (Å²) in [6, 6.07) is 0. The van der Waals surface area contributed by atoms with Gasteiger partial charge in [0, 0.05) is 14.1 Å². The zero-order chi connectivity index (χ0) is 18.0. The van der Waals surface area contributed by atoms with Crippen LogP contribution in [-0.2, 0) is 16.5 Å². The van der Waals surface area contributed by atoms with E-state index in [0.29, 0.717) is 0 Å². The van der Waals surface area contributed by atoms with Crippen LogP contribution in [-0.4, -0.2) is 47.7 Å². The molecule has 0 spiro atoms. The SMILES string of the molecule is CCOC(=O)c1c(C(F)(F)F)nn(C(C)(C)C)c1/N=C/N(C)C. The predicted octanol–water partition coefficient (Wildman–Crippen LogP) is 3.06. The minimum absolute atomic E-state index is 0.0480. The molecule has 0 atom stereocenters. The van der Waals surface area contributed by atoms with Crippen molar-refractivity contribution in [3.63, 3.8) is 0 Å². The van der Waals surface area contributed by atoms with Gasteiger partial charge in [-0.15, -0.1) is 0 Å². The molecule has 6 nitrogen and oxygen atoms in total. The maximum Gasteiger partial charge on any atom is 0.436 e. The second-order valence-corrected chi connectivity index (χ2v) is 6.06. The zero-order valence-electron chi connectivity index (χ0n) is 14.0. The van der Waals surface area contributed by atoms with Gasteiger partial charge in [0.25, 0.3) is 0 Å². The number of carbonyl (C=O) groups excluding carboxylic acids is 1. The zero-order valence-corrected chi connectivity index (χ0v) is 14.0. The van der Waals surface area contributed by atoms with Gasteiger partial charge in [-0.2, -0.15) is 18.3 Å². The Labute approximate surface area is 132 Å². The van der Waals surface area contributed by atoms with Crippen molar-refractivity contribution in [2.24, 2.45) is 4.99 Å². The molecule has 0 amide bonds. The van der Waals surface area contributed by atoms with E-state index in [1.165, 1.54) is 13.3 Å². The maximum atomic E-state index is 13.3. The summed E-state index contributed by atoms with van der Waals surface area (Å²) in [6.45, 7) is 6.48. The fraction of sp³-hybridized carbons (Fsp3) is 0.643. The third-order valence-electron chi connectivity index (χ3n) is 2.66. The molecule has 23 heavy (non-hydrogen) atoms. The molecule has 0 N–H and O–H groups in total. The van der Waals surface area contributed by atoms with Gasteiger partial charge in [0.1, 0.15) is 5.56 Å². The molecule has 0 aliphatic carbocycles. The van der Waals surface area contributed by atoms with Crippen LogP contribution in [0.2, 0.25) is 0 Å². The summed E-state index contributed by atoms with van der Waals surface area (Å²) in [4.78, 5) is 17.6. The largest absolute Gasteiger partial charge is 0.462 e. The van der Waals surface area contributed by atoms with Gasteiger partial charge in [-0.05, 0) is 27.7 Å². The van der Waals surface area contributed by atoms with Crippen LogP contribution in [0, 0.1) is 0 Å². The lowest BCUT2D eigenvalue weighted by molar-refractivity contribution is -0.142. The Morgan fingerprint density at radius 1 is 1.35 bits per heavy atom. The quantitative estimate of drug-likeness (QED) is 0.482. The highest BCUT2D eigenvalue weighted by Gasteiger charge is 2.43. The van der Waals surface area contributed by atoms with Gasteiger partial charge >= 0.3 is 12.1 Å². The molecule has 0 aliphatic rings. The van der Waals surface area contributed by atoms with E-state index < -0.39 is 28.9 Å². The van der Waals surface area contributed by atoms with E-state index in [1.54, 1.807) is 39.8 Å². The van der Waals surface area contributed by atoms with Gasteiger partial charge in [0.15, 0.2) is 11.5 Å². The molecule has 1 heterocycles. The Hall–Kier alpha value is -2.06. The normalized spacial score (nSPS) is 12.7. The summed E-state index contributed by atoms with van der Waals surface area (Å²) in [6.07, 6.45) is -3.48. The van der Waals surface area contributed by atoms with E-state index in [0.717, 1.165) is 4.68 Å². The van der Waals surface area contributed by atoms with Crippen molar-refractivity contribution in [3.05, 3.63) is 11.3 Å². The van der Waals surface area contributed by atoms with Crippen molar-refractivity contribution in [1.29, 1.82) is 0 Å². The van der Waals surface area contributed by atoms with E-state index in [1.807, 2.05) is 0 Å². The summed E-state index contributed by atoms with van der Waals surface area (Å²) in [5.41, 5.74) is -2.77. The Kier molecular flexibility index (Phi) is 5.44. The van der Waals surface area contributed by atoms with Gasteiger partial charge in [-0.25, -0.2) is 14.5 Å². The van der Waals surface area contributed by atoms with Crippen LogP contribution in [0.1, 0.15) is 43.7 Å². The van der Waals surface area contributed by atoms with Crippen LogP contribution >= 0.6 is 0 Å². The van der Waals surface area contributed by atoms with Crippen LogP contribution in [0.25, 0.3) is 0 Å². The fourth-order valence-corrected chi connectivity index (χ4v) is 1.76. The Bertz CT molecular complexity index is 598. The number of carbonyl (C=O) groups is 1. The highest BCUT2D eigenvalue weighted by molar-refractivity contribution is 5.96. The molecule has 9 heteroatoms. The first kappa shape index (κ1) is 19.0. The first-order chi connectivity index (χ1) is 10.4. The van der Waals surface area contributed by atoms with Gasteiger partial charge in [-0.3, -0.25) is 0 Å². The molecule has 1 aromatic heterocycles. The van der Waals surface area contributed by atoms with E-state index in [4.69, 9.17) is 4.74 Å². The van der Waals surface area contributed by atoms with Crippen LogP contribution in [0.5, 0.6) is 0 Å². The molecule has 0 fully saturated rings. The Morgan fingerprint density at radius 3 is 2.30 bits per heavy atom. The summed E-state index contributed by atoms with van der Waals surface area (Å²) in [5.74, 6) is -1.28.